The highest BCUT2D eigenvalue weighted by Crippen LogP contribution is 2.25. The van der Waals surface area contributed by atoms with Crippen LogP contribution in [0.4, 0.5) is 10.1 Å². The number of nitriles is 1. The Balaban J connectivity index is 3.05. The summed E-state index contributed by atoms with van der Waals surface area (Å²) in [5.74, 6) is -0.0172. The number of benzene rings is 1. The summed E-state index contributed by atoms with van der Waals surface area (Å²) in [4.78, 5) is 2.07. The average Bonchev–Trinajstić information content (AvgIpc) is 2.30. The smallest absolute Gasteiger partial charge is 0.123 e. The maximum Gasteiger partial charge on any atom is 0.123 e. The van der Waals surface area contributed by atoms with Gasteiger partial charge in [-0.25, -0.2) is 4.39 Å². The van der Waals surface area contributed by atoms with E-state index in [0.29, 0.717) is 13.0 Å². The van der Waals surface area contributed by atoms with E-state index in [2.05, 4.69) is 11.0 Å². The third kappa shape index (κ3) is 3.61. The van der Waals surface area contributed by atoms with Gasteiger partial charge in [0.2, 0.25) is 0 Å². The second kappa shape index (κ2) is 6.46. The SMILES string of the molecule is CC(C)N(CCC#N)c1ccc(F)cc1CCl. The molecule has 0 aliphatic rings. The molecule has 4 heteroatoms. The molecule has 0 saturated carbocycles. The molecule has 0 saturated heterocycles. The van der Waals surface area contributed by atoms with Crippen molar-refractivity contribution in [1.82, 2.24) is 0 Å². The standard InChI is InChI=1S/C13H16ClFN2/c1-10(2)17(7-3-6-16)13-5-4-12(15)8-11(13)9-14/h4-5,8,10H,3,7,9H2,1-2H3. The monoisotopic (exact) mass is 254 g/mol. The first-order chi connectivity index (χ1) is 8.10. The van der Waals surface area contributed by atoms with Crippen LogP contribution in [0.5, 0.6) is 0 Å². The number of nitrogens with zero attached hydrogens (tertiary/aromatic N) is 2. The highest BCUT2D eigenvalue weighted by molar-refractivity contribution is 6.17. The van der Waals surface area contributed by atoms with Gasteiger partial charge in [-0.3, -0.25) is 0 Å². The van der Waals surface area contributed by atoms with Crippen molar-refractivity contribution in [3.05, 3.63) is 29.6 Å². The molecule has 1 aromatic rings. The predicted molar refractivity (Wildman–Crippen MR) is 68.7 cm³/mol. The highest BCUT2D eigenvalue weighted by atomic mass is 35.5. The lowest BCUT2D eigenvalue weighted by molar-refractivity contribution is 0.624. The van der Waals surface area contributed by atoms with Crippen molar-refractivity contribution in [3.63, 3.8) is 0 Å². The molecule has 1 aromatic carbocycles. The first kappa shape index (κ1) is 13.8. The second-order valence-electron chi connectivity index (χ2n) is 4.10. The van der Waals surface area contributed by atoms with Crippen LogP contribution in [0.3, 0.4) is 0 Å². The number of halogens is 2. The van der Waals surface area contributed by atoms with E-state index in [9.17, 15) is 4.39 Å². The van der Waals surface area contributed by atoms with Gasteiger partial charge in [0, 0.05) is 24.2 Å². The summed E-state index contributed by atoms with van der Waals surface area (Å²) in [5.41, 5.74) is 1.67. The topological polar surface area (TPSA) is 27.0 Å². The lowest BCUT2D eigenvalue weighted by Gasteiger charge is -2.30. The lowest BCUT2D eigenvalue weighted by Crippen LogP contribution is -2.32. The van der Waals surface area contributed by atoms with Crippen LogP contribution in [-0.4, -0.2) is 12.6 Å². The van der Waals surface area contributed by atoms with Crippen LogP contribution >= 0.6 is 11.6 Å². The molecule has 2 nitrogen and oxygen atoms in total. The number of hydrogen-bond acceptors (Lipinski definition) is 2. The molecule has 92 valence electrons. The van der Waals surface area contributed by atoms with Gasteiger partial charge in [-0.15, -0.1) is 11.6 Å². The van der Waals surface area contributed by atoms with Crippen LogP contribution < -0.4 is 4.90 Å². The van der Waals surface area contributed by atoms with E-state index in [-0.39, 0.29) is 17.7 Å². The number of hydrogen-bond donors (Lipinski definition) is 0. The van der Waals surface area contributed by atoms with Gasteiger partial charge >= 0.3 is 0 Å². The van der Waals surface area contributed by atoms with Crippen LogP contribution in [0.2, 0.25) is 0 Å². The molecule has 0 atom stereocenters. The van der Waals surface area contributed by atoms with Crippen molar-refractivity contribution in [2.45, 2.75) is 32.2 Å². The fourth-order valence-corrected chi connectivity index (χ4v) is 1.98. The van der Waals surface area contributed by atoms with Gasteiger partial charge in [0.25, 0.3) is 0 Å². The molecule has 0 fully saturated rings. The third-order valence-electron chi connectivity index (χ3n) is 2.58. The van der Waals surface area contributed by atoms with Gasteiger partial charge < -0.3 is 4.90 Å². The van der Waals surface area contributed by atoms with Crippen molar-refractivity contribution >= 4 is 17.3 Å². The summed E-state index contributed by atoms with van der Waals surface area (Å²) in [6.45, 7) is 4.71. The molecule has 0 radical (unpaired) electrons. The number of anilines is 1. The zero-order valence-corrected chi connectivity index (χ0v) is 10.8. The first-order valence-electron chi connectivity index (χ1n) is 5.58. The zero-order chi connectivity index (χ0) is 12.8. The molecule has 0 N–H and O–H groups in total. The Hall–Kier alpha value is -1.27. The molecular formula is C13H16ClFN2. The minimum atomic E-state index is -0.284. The molecule has 0 unspecified atom stereocenters. The summed E-state index contributed by atoms with van der Waals surface area (Å²) in [6.07, 6.45) is 0.442. The molecule has 0 amide bonds. The molecule has 17 heavy (non-hydrogen) atoms. The van der Waals surface area contributed by atoms with E-state index >= 15 is 0 Å². The van der Waals surface area contributed by atoms with Gasteiger partial charge in [-0.05, 0) is 37.6 Å². The van der Waals surface area contributed by atoms with Gasteiger partial charge in [0.1, 0.15) is 5.82 Å². The van der Waals surface area contributed by atoms with Crippen LogP contribution in [0.25, 0.3) is 0 Å². The van der Waals surface area contributed by atoms with Crippen LogP contribution in [0, 0.1) is 17.1 Å². The third-order valence-corrected chi connectivity index (χ3v) is 2.87. The summed E-state index contributed by atoms with van der Waals surface area (Å²) >= 11 is 5.83. The zero-order valence-electron chi connectivity index (χ0n) is 10.1. The number of alkyl halides is 1. The molecule has 0 aliphatic heterocycles. The first-order valence-corrected chi connectivity index (χ1v) is 6.11. The van der Waals surface area contributed by atoms with E-state index in [1.165, 1.54) is 12.1 Å². The normalized spacial score (nSPS) is 10.4. The predicted octanol–water partition coefficient (Wildman–Crippen LogP) is 3.69. The van der Waals surface area contributed by atoms with Crippen LogP contribution in [0.15, 0.2) is 18.2 Å². The van der Waals surface area contributed by atoms with Gasteiger partial charge in [0.05, 0.1) is 12.5 Å². The maximum absolute atomic E-state index is 13.1. The summed E-state index contributed by atoms with van der Waals surface area (Å²) in [7, 11) is 0. The molecule has 0 heterocycles. The minimum Gasteiger partial charge on any atom is -0.368 e. The molecule has 0 bridgehead atoms. The lowest BCUT2D eigenvalue weighted by atomic mass is 10.1. The summed E-state index contributed by atoms with van der Waals surface area (Å²) in [6, 6.07) is 6.97. The fourth-order valence-electron chi connectivity index (χ4n) is 1.77. The largest absolute Gasteiger partial charge is 0.368 e. The van der Waals surface area contributed by atoms with Gasteiger partial charge in [-0.1, -0.05) is 0 Å². The molecule has 0 spiro atoms. The van der Waals surface area contributed by atoms with Crippen molar-refractivity contribution in [2.75, 3.05) is 11.4 Å². The summed E-state index contributed by atoms with van der Waals surface area (Å²) < 4.78 is 13.1. The van der Waals surface area contributed by atoms with Gasteiger partial charge in [0.15, 0.2) is 0 Å². The van der Waals surface area contributed by atoms with E-state index in [4.69, 9.17) is 16.9 Å². The van der Waals surface area contributed by atoms with Crippen molar-refractivity contribution in [2.24, 2.45) is 0 Å². The van der Waals surface area contributed by atoms with E-state index in [0.717, 1.165) is 11.3 Å². The average molecular weight is 255 g/mol. The Morgan fingerprint density at radius 1 is 1.47 bits per heavy atom. The fraction of sp³-hybridized carbons (Fsp3) is 0.462. The minimum absolute atomic E-state index is 0.246. The van der Waals surface area contributed by atoms with Crippen LogP contribution in [0.1, 0.15) is 25.8 Å². The van der Waals surface area contributed by atoms with E-state index in [1.807, 2.05) is 13.8 Å². The molecule has 0 aliphatic carbocycles. The van der Waals surface area contributed by atoms with Gasteiger partial charge in [-0.2, -0.15) is 5.26 Å². The Morgan fingerprint density at radius 3 is 2.71 bits per heavy atom. The quantitative estimate of drug-likeness (QED) is 0.750. The van der Waals surface area contributed by atoms with Crippen molar-refractivity contribution in [3.8, 4) is 6.07 Å². The molecule has 1 rings (SSSR count). The van der Waals surface area contributed by atoms with E-state index in [1.54, 1.807) is 6.07 Å². The Bertz CT molecular complexity index is 412. The van der Waals surface area contributed by atoms with E-state index < -0.39 is 0 Å². The van der Waals surface area contributed by atoms with Crippen molar-refractivity contribution in [1.29, 1.82) is 5.26 Å². The van der Waals surface area contributed by atoms with Crippen molar-refractivity contribution < 1.29 is 4.39 Å². The van der Waals surface area contributed by atoms with Crippen LogP contribution in [-0.2, 0) is 5.88 Å². The molecule has 0 aromatic heterocycles. The highest BCUT2D eigenvalue weighted by Gasteiger charge is 2.14. The Morgan fingerprint density at radius 2 is 2.18 bits per heavy atom. The second-order valence-corrected chi connectivity index (χ2v) is 4.37. The maximum atomic E-state index is 13.1. The summed E-state index contributed by atoms with van der Waals surface area (Å²) in [5, 5.41) is 8.65. The number of rotatable bonds is 5. The Kier molecular flexibility index (Phi) is 5.24. The molecular weight excluding hydrogens is 239 g/mol. The Labute approximate surface area is 107 Å².